The molecule has 7 heteroatoms. The number of fused-ring (bicyclic) bond motifs is 1. The van der Waals surface area contributed by atoms with E-state index >= 15 is 0 Å². The smallest absolute Gasteiger partial charge is 0.318 e. The summed E-state index contributed by atoms with van der Waals surface area (Å²) >= 11 is 0. The summed E-state index contributed by atoms with van der Waals surface area (Å²) in [5.41, 5.74) is 2.46. The lowest BCUT2D eigenvalue weighted by Gasteiger charge is -2.24. The van der Waals surface area contributed by atoms with E-state index in [0.717, 1.165) is 6.42 Å². The number of carbonyl (C=O) groups excluding carboxylic acids is 1. The molecule has 2 N–H and O–H groups in total. The third kappa shape index (κ3) is 3.19. The predicted octanol–water partition coefficient (Wildman–Crippen LogP) is 2.13. The zero-order valence-corrected chi connectivity index (χ0v) is 13.4. The molecule has 0 bridgehead atoms. The maximum absolute atomic E-state index is 12.5. The van der Waals surface area contributed by atoms with Gasteiger partial charge in [0.15, 0.2) is 5.82 Å². The molecule has 23 heavy (non-hydrogen) atoms. The summed E-state index contributed by atoms with van der Waals surface area (Å²) in [6.45, 7) is 3.41. The second-order valence-electron chi connectivity index (χ2n) is 5.54. The first-order valence-electron chi connectivity index (χ1n) is 7.74. The molecule has 1 aromatic heterocycles. The van der Waals surface area contributed by atoms with Gasteiger partial charge in [-0.05, 0) is 17.5 Å². The number of amides is 2. The van der Waals surface area contributed by atoms with Crippen LogP contribution in [0, 0.1) is 0 Å². The first-order valence-corrected chi connectivity index (χ1v) is 7.74. The number of methoxy groups -OCH3 is 1. The molecule has 1 aromatic carbocycles. The fourth-order valence-electron chi connectivity index (χ4n) is 2.99. The summed E-state index contributed by atoms with van der Waals surface area (Å²) in [4.78, 5) is 18.6. The lowest BCUT2D eigenvalue weighted by molar-refractivity contribution is 0.177. The van der Waals surface area contributed by atoms with Crippen molar-refractivity contribution in [2.75, 3.05) is 7.11 Å². The maximum atomic E-state index is 12.5. The molecule has 0 aliphatic carbocycles. The summed E-state index contributed by atoms with van der Waals surface area (Å²) < 4.78 is 4.97. The molecule has 2 amide bonds. The van der Waals surface area contributed by atoms with E-state index in [0.29, 0.717) is 31.3 Å². The van der Waals surface area contributed by atoms with Gasteiger partial charge in [-0.25, -0.2) is 9.78 Å². The van der Waals surface area contributed by atoms with Crippen LogP contribution in [0.1, 0.15) is 42.2 Å². The highest BCUT2D eigenvalue weighted by Gasteiger charge is 2.31. The van der Waals surface area contributed by atoms with Crippen LogP contribution < -0.4 is 5.32 Å². The van der Waals surface area contributed by atoms with Crippen molar-refractivity contribution in [3.05, 3.63) is 47.0 Å². The molecular weight excluding hydrogens is 294 g/mol. The summed E-state index contributed by atoms with van der Waals surface area (Å²) in [5, 5.41) is 9.73. The van der Waals surface area contributed by atoms with Gasteiger partial charge in [0.1, 0.15) is 12.4 Å². The number of aromatic nitrogens is 3. The Morgan fingerprint density at radius 1 is 1.48 bits per heavy atom. The number of nitrogens with one attached hydrogen (secondary N) is 2. The van der Waals surface area contributed by atoms with E-state index < -0.39 is 0 Å². The molecule has 0 radical (unpaired) electrons. The van der Waals surface area contributed by atoms with Crippen LogP contribution >= 0.6 is 0 Å². The Morgan fingerprint density at radius 2 is 2.30 bits per heavy atom. The normalized spacial score (nSPS) is 16.4. The summed E-state index contributed by atoms with van der Waals surface area (Å²) in [5.74, 6) is 1.20. The molecule has 0 saturated heterocycles. The number of nitrogens with zero attached hydrogens (tertiary/aromatic N) is 3. The minimum absolute atomic E-state index is 0.0854. The lowest BCUT2D eigenvalue weighted by atomic mass is 10.0. The van der Waals surface area contributed by atoms with E-state index in [9.17, 15) is 4.79 Å². The molecule has 0 spiro atoms. The van der Waals surface area contributed by atoms with Gasteiger partial charge in [-0.3, -0.25) is 5.10 Å². The minimum atomic E-state index is -0.0854. The van der Waals surface area contributed by atoms with Crippen molar-refractivity contribution < 1.29 is 9.53 Å². The van der Waals surface area contributed by atoms with E-state index in [1.165, 1.54) is 11.1 Å². The number of hydrogen-bond acceptors (Lipinski definition) is 4. The second kappa shape index (κ2) is 6.78. The van der Waals surface area contributed by atoms with Crippen LogP contribution in [0.3, 0.4) is 0 Å². The Bertz CT molecular complexity index is 685. The van der Waals surface area contributed by atoms with E-state index in [1.54, 1.807) is 7.11 Å². The number of H-pyrrole nitrogens is 1. The lowest BCUT2D eigenvalue weighted by Crippen LogP contribution is -2.38. The number of aromatic amines is 1. The van der Waals surface area contributed by atoms with Crippen LogP contribution in [-0.2, 0) is 24.4 Å². The van der Waals surface area contributed by atoms with Gasteiger partial charge in [0.2, 0.25) is 0 Å². The quantitative estimate of drug-likeness (QED) is 0.885. The number of hydrogen-bond donors (Lipinski definition) is 2. The molecule has 2 heterocycles. The molecule has 1 aliphatic rings. The Kier molecular flexibility index (Phi) is 4.57. The number of urea groups is 1. The van der Waals surface area contributed by atoms with Gasteiger partial charge in [0.05, 0.1) is 12.6 Å². The van der Waals surface area contributed by atoms with Gasteiger partial charge >= 0.3 is 6.03 Å². The average Bonchev–Trinajstić information content (AvgIpc) is 3.16. The van der Waals surface area contributed by atoms with Crippen LogP contribution in [-0.4, -0.2) is 33.2 Å². The Labute approximate surface area is 135 Å². The third-order valence-electron chi connectivity index (χ3n) is 4.04. The molecular formula is C16H21N5O2. The van der Waals surface area contributed by atoms with Crippen LogP contribution in [0.5, 0.6) is 0 Å². The SMILES string of the molecule is CCC1c2ccccc2CN1C(=O)NCc1nc(COC)n[nH]1. The highest BCUT2D eigenvalue weighted by atomic mass is 16.5. The van der Waals surface area contributed by atoms with Gasteiger partial charge in [-0.1, -0.05) is 31.2 Å². The monoisotopic (exact) mass is 315 g/mol. The van der Waals surface area contributed by atoms with Crippen molar-refractivity contribution in [1.29, 1.82) is 0 Å². The van der Waals surface area contributed by atoms with Crippen LogP contribution in [0.4, 0.5) is 4.79 Å². The number of rotatable bonds is 5. The molecule has 1 unspecified atom stereocenters. The molecule has 122 valence electrons. The fourth-order valence-corrected chi connectivity index (χ4v) is 2.99. The van der Waals surface area contributed by atoms with Crippen molar-refractivity contribution in [1.82, 2.24) is 25.4 Å². The zero-order chi connectivity index (χ0) is 16.2. The van der Waals surface area contributed by atoms with Crippen molar-refractivity contribution in [3.8, 4) is 0 Å². The van der Waals surface area contributed by atoms with Crippen LogP contribution in [0.25, 0.3) is 0 Å². The number of benzene rings is 1. The van der Waals surface area contributed by atoms with Gasteiger partial charge in [-0.15, -0.1) is 0 Å². The first kappa shape index (κ1) is 15.5. The molecule has 0 saturated carbocycles. The van der Waals surface area contributed by atoms with Gasteiger partial charge in [0, 0.05) is 13.7 Å². The Morgan fingerprint density at radius 3 is 3.09 bits per heavy atom. The largest absolute Gasteiger partial charge is 0.377 e. The number of carbonyl (C=O) groups is 1. The highest BCUT2D eigenvalue weighted by molar-refractivity contribution is 5.75. The van der Waals surface area contributed by atoms with E-state index in [4.69, 9.17) is 4.74 Å². The van der Waals surface area contributed by atoms with Crippen LogP contribution in [0.2, 0.25) is 0 Å². The summed E-state index contributed by atoms with van der Waals surface area (Å²) in [6.07, 6.45) is 0.894. The van der Waals surface area contributed by atoms with Crippen molar-refractivity contribution in [3.63, 3.8) is 0 Å². The molecule has 2 aromatic rings. The Hall–Kier alpha value is -2.41. The highest BCUT2D eigenvalue weighted by Crippen LogP contribution is 2.35. The van der Waals surface area contributed by atoms with Crippen LogP contribution in [0.15, 0.2) is 24.3 Å². The molecule has 7 nitrogen and oxygen atoms in total. The van der Waals surface area contributed by atoms with Crippen molar-refractivity contribution in [2.24, 2.45) is 0 Å². The maximum Gasteiger partial charge on any atom is 0.318 e. The van der Waals surface area contributed by atoms with E-state index in [2.05, 4.69) is 39.6 Å². The van der Waals surface area contributed by atoms with Gasteiger partial charge in [0.25, 0.3) is 0 Å². The molecule has 0 fully saturated rings. The van der Waals surface area contributed by atoms with Gasteiger partial charge in [-0.2, -0.15) is 5.10 Å². The van der Waals surface area contributed by atoms with E-state index in [-0.39, 0.29) is 12.1 Å². The molecule has 1 aliphatic heterocycles. The third-order valence-corrected chi connectivity index (χ3v) is 4.04. The van der Waals surface area contributed by atoms with Crippen molar-refractivity contribution >= 4 is 6.03 Å². The second-order valence-corrected chi connectivity index (χ2v) is 5.54. The van der Waals surface area contributed by atoms with E-state index in [1.807, 2.05) is 17.0 Å². The van der Waals surface area contributed by atoms with Gasteiger partial charge < -0.3 is 15.0 Å². The average molecular weight is 315 g/mol. The zero-order valence-electron chi connectivity index (χ0n) is 13.4. The summed E-state index contributed by atoms with van der Waals surface area (Å²) in [6, 6.07) is 8.26. The molecule has 1 atom stereocenters. The van der Waals surface area contributed by atoms with Crippen molar-refractivity contribution in [2.45, 2.75) is 39.1 Å². The summed E-state index contributed by atoms with van der Waals surface area (Å²) in [7, 11) is 1.59. The standard InChI is InChI=1S/C16H21N5O2/c1-3-13-12-7-5-4-6-11(12)9-21(13)16(22)17-8-14-18-15(10-23-2)20-19-14/h4-7,13H,3,8-10H2,1-2H3,(H,17,22)(H,18,19,20). The number of ether oxygens (including phenoxy) is 1. The predicted molar refractivity (Wildman–Crippen MR) is 84.3 cm³/mol. The molecule has 3 rings (SSSR count). The topological polar surface area (TPSA) is 83.1 Å². The first-order chi connectivity index (χ1) is 11.2. The Balaban J connectivity index is 1.62. The minimum Gasteiger partial charge on any atom is -0.377 e. The fraction of sp³-hybridized carbons (Fsp3) is 0.438.